The van der Waals surface area contributed by atoms with Gasteiger partial charge in [0.15, 0.2) is 5.82 Å². The third-order valence-electron chi connectivity index (χ3n) is 3.47. The highest BCUT2D eigenvalue weighted by Crippen LogP contribution is 2.10. The first-order valence-electron chi connectivity index (χ1n) is 7.53. The summed E-state index contributed by atoms with van der Waals surface area (Å²) in [7, 11) is 1.56. The molecule has 2 aromatic heterocycles. The molecule has 0 bridgehead atoms. The van der Waals surface area contributed by atoms with Gasteiger partial charge >= 0.3 is 0 Å². The zero-order valence-electron chi connectivity index (χ0n) is 13.5. The number of carbonyl (C=O) groups excluding carboxylic acids is 1. The Bertz CT molecular complexity index is 902. The third kappa shape index (κ3) is 3.89. The Morgan fingerprint density at radius 1 is 1.20 bits per heavy atom. The van der Waals surface area contributed by atoms with Crippen molar-refractivity contribution >= 4 is 5.91 Å². The van der Waals surface area contributed by atoms with Crippen molar-refractivity contribution in [1.82, 2.24) is 29.9 Å². The Kier molecular flexibility index (Phi) is 4.84. The van der Waals surface area contributed by atoms with E-state index in [0.29, 0.717) is 17.1 Å². The SMILES string of the molecule is COc1ccc(C(=O)NCCn2nc(-n3cncn3)ccc2=O)cc1. The van der Waals surface area contributed by atoms with Crippen LogP contribution in [0.15, 0.2) is 53.8 Å². The van der Waals surface area contributed by atoms with Crippen LogP contribution in [-0.2, 0) is 6.54 Å². The number of ether oxygens (including phenoxy) is 1. The number of carbonyl (C=O) groups is 1. The van der Waals surface area contributed by atoms with E-state index in [2.05, 4.69) is 20.5 Å². The van der Waals surface area contributed by atoms with Gasteiger partial charge in [-0.15, -0.1) is 5.10 Å². The molecule has 0 saturated carbocycles. The van der Waals surface area contributed by atoms with Crippen molar-refractivity contribution in [2.45, 2.75) is 6.54 Å². The summed E-state index contributed by atoms with van der Waals surface area (Å²) in [6, 6.07) is 9.72. The van der Waals surface area contributed by atoms with Gasteiger partial charge in [-0.1, -0.05) is 0 Å². The van der Waals surface area contributed by atoms with Gasteiger partial charge in [0.2, 0.25) is 0 Å². The average molecular weight is 340 g/mol. The molecule has 2 heterocycles. The molecule has 9 nitrogen and oxygen atoms in total. The predicted molar refractivity (Wildman–Crippen MR) is 88.7 cm³/mol. The van der Waals surface area contributed by atoms with Gasteiger partial charge in [-0.05, 0) is 30.3 Å². The van der Waals surface area contributed by atoms with Crippen LogP contribution in [0.1, 0.15) is 10.4 Å². The molecule has 1 amide bonds. The monoisotopic (exact) mass is 340 g/mol. The van der Waals surface area contributed by atoms with Crippen molar-refractivity contribution in [3.8, 4) is 11.6 Å². The summed E-state index contributed by atoms with van der Waals surface area (Å²) in [5.41, 5.74) is 0.250. The molecule has 0 aliphatic rings. The molecule has 9 heteroatoms. The minimum absolute atomic E-state index is 0.233. The molecule has 1 N–H and O–H groups in total. The van der Waals surface area contributed by atoms with E-state index in [4.69, 9.17) is 4.74 Å². The van der Waals surface area contributed by atoms with Crippen molar-refractivity contribution in [2.75, 3.05) is 13.7 Å². The number of aromatic nitrogens is 5. The first kappa shape index (κ1) is 16.4. The maximum Gasteiger partial charge on any atom is 0.266 e. The fourth-order valence-electron chi connectivity index (χ4n) is 2.17. The van der Waals surface area contributed by atoms with E-state index >= 15 is 0 Å². The van der Waals surface area contributed by atoms with Crippen LogP contribution in [0.3, 0.4) is 0 Å². The van der Waals surface area contributed by atoms with Crippen molar-refractivity contribution in [2.24, 2.45) is 0 Å². The molecule has 0 aliphatic carbocycles. The number of hydrogen-bond donors (Lipinski definition) is 1. The fraction of sp³-hybridized carbons (Fsp3) is 0.188. The maximum atomic E-state index is 12.1. The normalized spacial score (nSPS) is 10.4. The van der Waals surface area contributed by atoms with E-state index in [9.17, 15) is 9.59 Å². The summed E-state index contributed by atoms with van der Waals surface area (Å²) in [5.74, 6) is 0.916. The number of amides is 1. The van der Waals surface area contributed by atoms with Crippen molar-refractivity contribution < 1.29 is 9.53 Å². The zero-order valence-corrected chi connectivity index (χ0v) is 13.5. The minimum atomic E-state index is -0.262. The first-order valence-corrected chi connectivity index (χ1v) is 7.53. The van der Waals surface area contributed by atoms with Crippen LogP contribution in [0.5, 0.6) is 5.75 Å². The molecular weight excluding hydrogens is 324 g/mol. The molecule has 3 rings (SSSR count). The molecule has 0 saturated heterocycles. The molecule has 0 aliphatic heterocycles. The van der Waals surface area contributed by atoms with Gasteiger partial charge in [-0.25, -0.2) is 14.3 Å². The van der Waals surface area contributed by atoms with Crippen LogP contribution in [-0.4, -0.2) is 44.1 Å². The number of nitrogens with zero attached hydrogens (tertiary/aromatic N) is 5. The number of methoxy groups -OCH3 is 1. The van der Waals surface area contributed by atoms with Crippen molar-refractivity contribution in [3.05, 3.63) is 65.0 Å². The molecule has 3 aromatic rings. The fourth-order valence-corrected chi connectivity index (χ4v) is 2.17. The second kappa shape index (κ2) is 7.39. The summed E-state index contributed by atoms with van der Waals surface area (Å²) in [4.78, 5) is 27.8. The third-order valence-corrected chi connectivity index (χ3v) is 3.47. The van der Waals surface area contributed by atoms with Crippen LogP contribution in [0.25, 0.3) is 5.82 Å². The van der Waals surface area contributed by atoms with Crippen LogP contribution in [0, 0.1) is 0 Å². The molecule has 25 heavy (non-hydrogen) atoms. The summed E-state index contributed by atoms with van der Waals surface area (Å²) in [6.07, 6.45) is 2.87. The predicted octanol–water partition coefficient (Wildman–Crippen LogP) is 0.263. The summed E-state index contributed by atoms with van der Waals surface area (Å²) in [5, 5.41) is 10.9. The van der Waals surface area contributed by atoms with Crippen LogP contribution >= 0.6 is 0 Å². The highest BCUT2D eigenvalue weighted by Gasteiger charge is 2.07. The summed E-state index contributed by atoms with van der Waals surface area (Å²) in [6.45, 7) is 0.502. The van der Waals surface area contributed by atoms with Crippen LogP contribution in [0.4, 0.5) is 0 Å². The molecule has 0 spiro atoms. The molecule has 0 radical (unpaired) electrons. The lowest BCUT2D eigenvalue weighted by molar-refractivity contribution is 0.0951. The molecule has 0 fully saturated rings. The van der Waals surface area contributed by atoms with Crippen molar-refractivity contribution in [3.63, 3.8) is 0 Å². The Hall–Kier alpha value is -3.49. The lowest BCUT2D eigenvalue weighted by atomic mass is 10.2. The molecule has 128 valence electrons. The van der Waals surface area contributed by atoms with Crippen LogP contribution in [0.2, 0.25) is 0 Å². The van der Waals surface area contributed by atoms with E-state index in [0.717, 1.165) is 0 Å². The Balaban J connectivity index is 1.62. The second-order valence-corrected chi connectivity index (χ2v) is 5.08. The van der Waals surface area contributed by atoms with Gasteiger partial charge < -0.3 is 10.1 Å². The number of hydrogen-bond acceptors (Lipinski definition) is 6. The largest absolute Gasteiger partial charge is 0.497 e. The van der Waals surface area contributed by atoms with E-state index in [1.165, 1.54) is 28.1 Å². The van der Waals surface area contributed by atoms with E-state index in [1.54, 1.807) is 37.4 Å². The van der Waals surface area contributed by atoms with Gasteiger partial charge in [-0.3, -0.25) is 9.59 Å². The zero-order chi connectivity index (χ0) is 17.6. The lowest BCUT2D eigenvalue weighted by Gasteiger charge is -2.08. The van der Waals surface area contributed by atoms with Gasteiger partial charge in [0, 0.05) is 18.2 Å². The summed E-state index contributed by atoms with van der Waals surface area (Å²) < 4.78 is 7.77. The summed E-state index contributed by atoms with van der Waals surface area (Å²) >= 11 is 0. The standard InChI is InChI=1S/C16H16N6O3/c1-25-13-4-2-12(3-5-13)16(24)18-8-9-21-15(23)7-6-14(20-21)22-11-17-10-19-22/h2-7,10-11H,8-9H2,1H3,(H,18,24). The molecule has 0 atom stereocenters. The number of benzene rings is 1. The quantitative estimate of drug-likeness (QED) is 0.690. The Morgan fingerprint density at radius 2 is 2.00 bits per heavy atom. The van der Waals surface area contributed by atoms with E-state index < -0.39 is 0 Å². The first-order chi connectivity index (χ1) is 12.2. The highest BCUT2D eigenvalue weighted by atomic mass is 16.5. The lowest BCUT2D eigenvalue weighted by Crippen LogP contribution is -2.32. The average Bonchev–Trinajstić information content (AvgIpc) is 3.18. The highest BCUT2D eigenvalue weighted by molar-refractivity contribution is 5.94. The Morgan fingerprint density at radius 3 is 2.68 bits per heavy atom. The smallest absolute Gasteiger partial charge is 0.266 e. The van der Waals surface area contributed by atoms with Crippen molar-refractivity contribution in [1.29, 1.82) is 0 Å². The van der Waals surface area contributed by atoms with Gasteiger partial charge in [0.25, 0.3) is 11.5 Å². The van der Waals surface area contributed by atoms with E-state index in [-0.39, 0.29) is 24.6 Å². The minimum Gasteiger partial charge on any atom is -0.497 e. The van der Waals surface area contributed by atoms with Crippen LogP contribution < -0.4 is 15.6 Å². The maximum absolute atomic E-state index is 12.1. The van der Waals surface area contributed by atoms with Gasteiger partial charge in [-0.2, -0.15) is 5.10 Å². The Labute approximate surface area is 142 Å². The number of nitrogens with one attached hydrogen (secondary N) is 1. The van der Waals surface area contributed by atoms with E-state index in [1.807, 2.05) is 0 Å². The van der Waals surface area contributed by atoms with Gasteiger partial charge in [0.05, 0.1) is 13.7 Å². The molecule has 1 aromatic carbocycles. The molecule has 0 unspecified atom stereocenters. The molecular formula is C16H16N6O3. The topological polar surface area (TPSA) is 104 Å². The number of rotatable bonds is 6. The second-order valence-electron chi connectivity index (χ2n) is 5.08. The van der Waals surface area contributed by atoms with Gasteiger partial charge in [0.1, 0.15) is 18.4 Å².